The lowest BCUT2D eigenvalue weighted by molar-refractivity contribution is -0.394. The second-order valence-corrected chi connectivity index (χ2v) is 4.18. The SMILES string of the molecule is O=[N+]([O-])c1nc(Br)n(CCC2CNC2)n1. The van der Waals surface area contributed by atoms with Crippen LogP contribution in [0.5, 0.6) is 0 Å². The zero-order chi connectivity index (χ0) is 10.8. The highest BCUT2D eigenvalue weighted by Gasteiger charge is 2.22. The van der Waals surface area contributed by atoms with Gasteiger partial charge in [-0.3, -0.25) is 0 Å². The summed E-state index contributed by atoms with van der Waals surface area (Å²) in [5, 5.41) is 17.4. The van der Waals surface area contributed by atoms with E-state index in [1.54, 1.807) is 0 Å². The third kappa shape index (κ3) is 2.32. The largest absolute Gasteiger partial charge is 0.492 e. The molecule has 0 atom stereocenters. The number of hydrogen-bond acceptors (Lipinski definition) is 5. The Bertz CT molecular complexity index is 375. The molecule has 1 aromatic heterocycles. The minimum absolute atomic E-state index is 0.353. The highest BCUT2D eigenvalue weighted by molar-refractivity contribution is 9.10. The van der Waals surface area contributed by atoms with Crippen molar-refractivity contribution in [2.75, 3.05) is 13.1 Å². The van der Waals surface area contributed by atoms with Crippen LogP contribution in [-0.2, 0) is 6.54 Å². The Kier molecular flexibility index (Phi) is 2.96. The van der Waals surface area contributed by atoms with Gasteiger partial charge in [-0.25, -0.2) is 0 Å². The highest BCUT2D eigenvalue weighted by atomic mass is 79.9. The summed E-state index contributed by atoms with van der Waals surface area (Å²) in [5.41, 5.74) is 0. The quantitative estimate of drug-likeness (QED) is 0.641. The Hall–Kier alpha value is -1.02. The van der Waals surface area contributed by atoms with Crippen molar-refractivity contribution in [2.24, 2.45) is 5.92 Å². The summed E-state index contributed by atoms with van der Waals surface area (Å²) in [6.07, 6.45) is 0.964. The average Bonchev–Trinajstić information content (AvgIpc) is 2.45. The molecule has 1 fully saturated rings. The van der Waals surface area contributed by atoms with E-state index in [9.17, 15) is 10.1 Å². The Labute approximate surface area is 94.1 Å². The Morgan fingerprint density at radius 2 is 2.40 bits per heavy atom. The van der Waals surface area contributed by atoms with Crippen molar-refractivity contribution in [3.63, 3.8) is 0 Å². The van der Waals surface area contributed by atoms with Gasteiger partial charge in [-0.15, -0.1) is 0 Å². The molecule has 0 bridgehead atoms. The molecule has 8 heteroatoms. The molecule has 1 aliphatic rings. The van der Waals surface area contributed by atoms with Gasteiger partial charge >= 0.3 is 5.95 Å². The Morgan fingerprint density at radius 3 is 2.87 bits per heavy atom. The predicted molar refractivity (Wildman–Crippen MR) is 55.4 cm³/mol. The van der Waals surface area contributed by atoms with Gasteiger partial charge < -0.3 is 15.4 Å². The fourth-order valence-electron chi connectivity index (χ4n) is 1.39. The summed E-state index contributed by atoms with van der Waals surface area (Å²) < 4.78 is 1.94. The summed E-state index contributed by atoms with van der Waals surface area (Å²) in [7, 11) is 0. The molecular weight excluding hydrogens is 266 g/mol. The first-order valence-corrected chi connectivity index (χ1v) is 5.41. The van der Waals surface area contributed by atoms with Crippen molar-refractivity contribution >= 4 is 21.9 Å². The number of nitro groups is 1. The van der Waals surface area contributed by atoms with E-state index in [1.165, 1.54) is 4.68 Å². The molecule has 2 heterocycles. The second kappa shape index (κ2) is 4.23. The van der Waals surface area contributed by atoms with E-state index in [1.807, 2.05) is 0 Å². The van der Waals surface area contributed by atoms with Crippen LogP contribution in [0.15, 0.2) is 4.73 Å². The first kappa shape index (κ1) is 10.5. The van der Waals surface area contributed by atoms with Crippen LogP contribution in [-0.4, -0.2) is 32.8 Å². The highest BCUT2D eigenvalue weighted by Crippen LogP contribution is 2.15. The molecular formula is C7H10BrN5O2. The number of nitrogens with one attached hydrogen (secondary N) is 1. The normalized spacial score (nSPS) is 16.3. The van der Waals surface area contributed by atoms with E-state index >= 15 is 0 Å². The van der Waals surface area contributed by atoms with E-state index in [2.05, 4.69) is 31.3 Å². The Morgan fingerprint density at radius 1 is 1.67 bits per heavy atom. The minimum atomic E-state index is -0.591. The second-order valence-electron chi connectivity index (χ2n) is 3.47. The van der Waals surface area contributed by atoms with Crippen LogP contribution in [0.1, 0.15) is 6.42 Å². The molecule has 0 unspecified atom stereocenters. The number of halogens is 1. The average molecular weight is 276 g/mol. The lowest BCUT2D eigenvalue weighted by Crippen LogP contribution is -2.42. The van der Waals surface area contributed by atoms with Crippen LogP contribution < -0.4 is 5.32 Å². The van der Waals surface area contributed by atoms with E-state index < -0.39 is 4.92 Å². The first-order chi connectivity index (χ1) is 7.16. The van der Waals surface area contributed by atoms with E-state index in [4.69, 9.17) is 0 Å². The summed E-state index contributed by atoms with van der Waals surface area (Å²) in [6, 6.07) is 0. The van der Waals surface area contributed by atoms with Crippen molar-refractivity contribution in [1.29, 1.82) is 0 Å². The standard InChI is InChI=1S/C7H10BrN5O2/c8-6-10-7(13(14)15)11-12(6)2-1-5-3-9-4-5/h5,9H,1-4H2. The number of rotatable bonds is 4. The summed E-state index contributed by atoms with van der Waals surface area (Å²) in [4.78, 5) is 13.5. The van der Waals surface area contributed by atoms with Gasteiger partial charge in [-0.1, -0.05) is 0 Å². The van der Waals surface area contributed by atoms with Crippen molar-refractivity contribution in [3.05, 3.63) is 14.8 Å². The Balaban J connectivity index is 1.97. The first-order valence-electron chi connectivity index (χ1n) is 4.62. The van der Waals surface area contributed by atoms with Crippen molar-refractivity contribution in [2.45, 2.75) is 13.0 Å². The predicted octanol–water partition coefficient (Wildman–Crippen LogP) is 0.558. The smallest absolute Gasteiger partial charge is 0.390 e. The molecule has 15 heavy (non-hydrogen) atoms. The molecule has 1 aromatic rings. The maximum absolute atomic E-state index is 10.4. The van der Waals surface area contributed by atoms with E-state index in [-0.39, 0.29) is 5.95 Å². The molecule has 2 rings (SSSR count). The van der Waals surface area contributed by atoms with Gasteiger partial charge in [0.1, 0.15) is 0 Å². The van der Waals surface area contributed by atoms with Crippen molar-refractivity contribution in [1.82, 2.24) is 20.1 Å². The molecule has 1 aliphatic heterocycles. The van der Waals surface area contributed by atoms with Crippen LogP contribution >= 0.6 is 15.9 Å². The lowest BCUT2D eigenvalue weighted by Gasteiger charge is -2.26. The molecule has 1 saturated heterocycles. The monoisotopic (exact) mass is 275 g/mol. The molecule has 7 nitrogen and oxygen atoms in total. The number of hydrogen-bond donors (Lipinski definition) is 1. The zero-order valence-electron chi connectivity index (χ0n) is 7.89. The fourth-order valence-corrected chi connectivity index (χ4v) is 1.80. The van der Waals surface area contributed by atoms with E-state index in [0.717, 1.165) is 19.5 Å². The maximum Gasteiger partial charge on any atom is 0.492 e. The molecule has 0 spiro atoms. The molecule has 0 aromatic carbocycles. The summed E-state index contributed by atoms with van der Waals surface area (Å²) >= 11 is 3.14. The molecule has 0 amide bonds. The summed E-state index contributed by atoms with van der Waals surface area (Å²) in [5.74, 6) is 0.300. The number of aryl methyl sites for hydroxylation is 1. The molecule has 0 saturated carbocycles. The van der Waals surface area contributed by atoms with Gasteiger partial charge in [0.15, 0.2) is 0 Å². The van der Waals surface area contributed by atoms with Gasteiger partial charge in [-0.2, -0.15) is 4.68 Å². The lowest BCUT2D eigenvalue weighted by atomic mass is 10.00. The fraction of sp³-hybridized carbons (Fsp3) is 0.714. The molecule has 82 valence electrons. The van der Waals surface area contributed by atoms with Crippen molar-refractivity contribution < 1.29 is 4.92 Å². The molecule has 0 radical (unpaired) electrons. The van der Waals surface area contributed by atoms with Gasteiger partial charge in [0, 0.05) is 21.0 Å². The van der Waals surface area contributed by atoms with Crippen molar-refractivity contribution in [3.8, 4) is 0 Å². The van der Waals surface area contributed by atoms with Gasteiger partial charge in [0.2, 0.25) is 0 Å². The third-order valence-electron chi connectivity index (χ3n) is 2.39. The van der Waals surface area contributed by atoms with Crippen LogP contribution in [0.3, 0.4) is 0 Å². The number of nitrogens with zero attached hydrogens (tertiary/aromatic N) is 4. The van der Waals surface area contributed by atoms with Gasteiger partial charge in [0.25, 0.3) is 4.73 Å². The molecule has 0 aliphatic carbocycles. The molecule has 1 N–H and O–H groups in total. The third-order valence-corrected chi connectivity index (χ3v) is 2.98. The topological polar surface area (TPSA) is 85.9 Å². The van der Waals surface area contributed by atoms with Gasteiger partial charge in [-0.05, 0) is 35.3 Å². The van der Waals surface area contributed by atoms with Crippen LogP contribution in [0, 0.1) is 16.0 Å². The summed E-state index contributed by atoms with van der Waals surface area (Å²) in [6.45, 7) is 2.70. The van der Waals surface area contributed by atoms with Crippen LogP contribution in [0.4, 0.5) is 5.95 Å². The van der Waals surface area contributed by atoms with Gasteiger partial charge in [0.05, 0.1) is 6.54 Å². The zero-order valence-corrected chi connectivity index (χ0v) is 9.48. The van der Waals surface area contributed by atoms with Crippen LogP contribution in [0.25, 0.3) is 0 Å². The maximum atomic E-state index is 10.4. The minimum Gasteiger partial charge on any atom is -0.390 e. The van der Waals surface area contributed by atoms with E-state index in [0.29, 0.717) is 17.2 Å². The van der Waals surface area contributed by atoms with Crippen LogP contribution in [0.2, 0.25) is 0 Å². The number of aromatic nitrogens is 3.